The molecule has 35 heavy (non-hydrogen) atoms. The fourth-order valence-electron chi connectivity index (χ4n) is 5.91. The van der Waals surface area contributed by atoms with Crippen molar-refractivity contribution in [3.63, 3.8) is 0 Å². The van der Waals surface area contributed by atoms with Crippen molar-refractivity contribution in [2.75, 3.05) is 20.1 Å². The second-order valence-corrected chi connectivity index (χ2v) is 10.1. The number of amides is 1. The topological polar surface area (TPSA) is 86.9 Å². The minimum atomic E-state index is -0.715. The zero-order valence-electron chi connectivity index (χ0n) is 19.9. The van der Waals surface area contributed by atoms with Gasteiger partial charge in [-0.1, -0.05) is 47.6 Å². The van der Waals surface area contributed by atoms with Crippen LogP contribution in [-0.2, 0) is 30.6 Å². The van der Waals surface area contributed by atoms with Crippen LogP contribution in [-0.4, -0.2) is 52.1 Å². The van der Waals surface area contributed by atoms with Gasteiger partial charge in [-0.05, 0) is 54.4 Å². The number of carboxylic acids is 1. The summed E-state index contributed by atoms with van der Waals surface area (Å²) in [5, 5.41) is 13.3. The van der Waals surface area contributed by atoms with Gasteiger partial charge in [0.15, 0.2) is 11.5 Å². The fourth-order valence-corrected chi connectivity index (χ4v) is 5.91. The highest BCUT2D eigenvalue weighted by Gasteiger charge is 2.34. The number of likely N-dealkylation sites (tertiary alicyclic amines) is 1. The van der Waals surface area contributed by atoms with E-state index in [1.165, 1.54) is 22.3 Å². The Morgan fingerprint density at radius 1 is 1.11 bits per heavy atom. The second-order valence-electron chi connectivity index (χ2n) is 10.1. The van der Waals surface area contributed by atoms with Gasteiger partial charge in [0.25, 0.3) is 5.91 Å². The number of rotatable bonds is 5. The van der Waals surface area contributed by atoms with Gasteiger partial charge in [0.1, 0.15) is 0 Å². The van der Waals surface area contributed by atoms with Crippen LogP contribution in [0.3, 0.4) is 0 Å². The Labute approximate surface area is 204 Å². The molecule has 1 saturated heterocycles. The average Bonchev–Trinajstić information content (AvgIpc) is 3.29. The van der Waals surface area contributed by atoms with E-state index in [4.69, 9.17) is 9.63 Å². The molecule has 3 aromatic rings. The summed E-state index contributed by atoms with van der Waals surface area (Å²) < 4.78 is 5.76. The first-order valence-corrected chi connectivity index (χ1v) is 12.4. The molecule has 7 heteroatoms. The minimum Gasteiger partial charge on any atom is -0.481 e. The number of aromatic nitrogens is 1. The number of benzene rings is 2. The molecule has 0 radical (unpaired) electrons. The number of aliphatic carboxylic acids is 1. The third kappa shape index (κ3) is 3.84. The Kier molecular flexibility index (Phi) is 5.44. The van der Waals surface area contributed by atoms with Crippen LogP contribution in [0.15, 0.2) is 47.0 Å². The van der Waals surface area contributed by atoms with E-state index >= 15 is 0 Å². The van der Waals surface area contributed by atoms with E-state index in [0.29, 0.717) is 24.5 Å². The van der Waals surface area contributed by atoms with Gasteiger partial charge >= 0.3 is 5.97 Å². The van der Waals surface area contributed by atoms with Crippen molar-refractivity contribution in [3.05, 3.63) is 76.0 Å². The predicted molar refractivity (Wildman–Crippen MR) is 130 cm³/mol. The second kappa shape index (κ2) is 8.64. The maximum Gasteiger partial charge on any atom is 0.309 e. The van der Waals surface area contributed by atoms with Crippen molar-refractivity contribution in [2.24, 2.45) is 5.92 Å². The van der Waals surface area contributed by atoms with Gasteiger partial charge in [0.05, 0.1) is 12.0 Å². The Morgan fingerprint density at radius 2 is 1.94 bits per heavy atom. The summed E-state index contributed by atoms with van der Waals surface area (Å²) in [7, 11) is 1.88. The van der Waals surface area contributed by atoms with Gasteiger partial charge in [-0.25, -0.2) is 0 Å². The molecule has 3 aliphatic rings. The number of carboxylic acid groups (broad SMARTS) is 1. The van der Waals surface area contributed by atoms with Gasteiger partial charge in [-0.2, -0.15) is 0 Å². The van der Waals surface area contributed by atoms with Crippen molar-refractivity contribution in [2.45, 2.75) is 44.7 Å². The molecule has 1 N–H and O–H groups in total. The summed E-state index contributed by atoms with van der Waals surface area (Å²) in [4.78, 5) is 28.6. The quantitative estimate of drug-likeness (QED) is 0.603. The van der Waals surface area contributed by atoms with Gasteiger partial charge in [-0.3, -0.25) is 14.5 Å². The zero-order valence-corrected chi connectivity index (χ0v) is 19.9. The third-order valence-electron chi connectivity index (χ3n) is 7.89. The standard InChI is InChI=1S/C28H29N3O4/c1-30(24-8-4-6-18-5-2-3-7-21(18)24)27(32)25-23-12-10-19-13-17(9-11-22(19)26(23)35-29-25)14-31-15-20(16-31)28(33)34/h2-3,5,7,9,11,13,20,24H,4,6,8,10,12,14-16H2,1H3,(H,33,34). The summed E-state index contributed by atoms with van der Waals surface area (Å²) in [5.74, 6) is -0.343. The Balaban J connectivity index is 1.21. The maximum absolute atomic E-state index is 13.5. The minimum absolute atomic E-state index is 0.0560. The van der Waals surface area contributed by atoms with Crippen LogP contribution in [0.5, 0.6) is 0 Å². The predicted octanol–water partition coefficient (Wildman–Crippen LogP) is 4.11. The first-order valence-electron chi connectivity index (χ1n) is 12.4. The molecule has 1 aromatic heterocycles. The molecule has 1 aliphatic heterocycles. The number of nitrogens with zero attached hydrogens (tertiary/aromatic N) is 3. The van der Waals surface area contributed by atoms with Crippen molar-refractivity contribution in [3.8, 4) is 11.3 Å². The van der Waals surface area contributed by atoms with E-state index in [2.05, 4.69) is 46.5 Å². The van der Waals surface area contributed by atoms with Gasteiger partial charge < -0.3 is 14.5 Å². The molecular weight excluding hydrogens is 442 g/mol. The molecule has 7 nitrogen and oxygen atoms in total. The van der Waals surface area contributed by atoms with Crippen LogP contribution in [0.2, 0.25) is 0 Å². The number of carbonyl (C=O) groups is 2. The largest absolute Gasteiger partial charge is 0.481 e. The van der Waals surface area contributed by atoms with Crippen molar-refractivity contribution in [1.29, 1.82) is 0 Å². The highest BCUT2D eigenvalue weighted by atomic mass is 16.5. The van der Waals surface area contributed by atoms with E-state index in [1.807, 2.05) is 18.0 Å². The van der Waals surface area contributed by atoms with E-state index in [1.54, 1.807) is 0 Å². The number of hydrogen-bond donors (Lipinski definition) is 1. The number of fused-ring (bicyclic) bond motifs is 4. The third-order valence-corrected chi connectivity index (χ3v) is 7.89. The summed E-state index contributed by atoms with van der Waals surface area (Å²) in [5.41, 5.74) is 7.25. The SMILES string of the molecule is CN(C(=O)c1noc2c1CCc1cc(CN3CC(C(=O)O)C3)ccc1-2)C1CCCc2ccccc21. The molecule has 180 valence electrons. The number of carbonyl (C=O) groups excluding carboxylic acids is 1. The Bertz CT molecular complexity index is 1310. The van der Waals surface area contributed by atoms with Crippen LogP contribution in [0.4, 0.5) is 0 Å². The first kappa shape index (κ1) is 22.0. The van der Waals surface area contributed by atoms with E-state index in [0.717, 1.165) is 49.8 Å². The van der Waals surface area contributed by atoms with E-state index in [9.17, 15) is 9.59 Å². The first-order chi connectivity index (χ1) is 17.0. The molecule has 6 rings (SSSR count). The highest BCUT2D eigenvalue weighted by Crippen LogP contribution is 2.38. The fraction of sp³-hybridized carbons (Fsp3) is 0.393. The van der Waals surface area contributed by atoms with Crippen molar-refractivity contribution in [1.82, 2.24) is 15.0 Å². The lowest BCUT2D eigenvalue weighted by atomic mass is 9.86. The Morgan fingerprint density at radius 3 is 2.77 bits per heavy atom. The smallest absolute Gasteiger partial charge is 0.309 e. The normalized spacial score (nSPS) is 19.3. The lowest BCUT2D eigenvalue weighted by molar-refractivity contribution is -0.147. The lowest BCUT2D eigenvalue weighted by Gasteiger charge is -2.36. The summed E-state index contributed by atoms with van der Waals surface area (Å²) >= 11 is 0. The van der Waals surface area contributed by atoms with Crippen molar-refractivity contribution < 1.29 is 19.2 Å². The zero-order chi connectivity index (χ0) is 24.1. The Hall–Kier alpha value is -3.45. The average molecular weight is 472 g/mol. The molecule has 0 saturated carbocycles. The summed E-state index contributed by atoms with van der Waals surface area (Å²) in [6.45, 7) is 1.95. The van der Waals surface area contributed by atoms with Gasteiger partial charge in [0.2, 0.25) is 0 Å². The number of hydrogen-bond acceptors (Lipinski definition) is 5. The van der Waals surface area contributed by atoms with Crippen molar-refractivity contribution >= 4 is 11.9 Å². The molecule has 1 atom stereocenters. The van der Waals surface area contributed by atoms with Crippen LogP contribution < -0.4 is 0 Å². The molecule has 2 heterocycles. The molecule has 0 spiro atoms. The monoisotopic (exact) mass is 471 g/mol. The van der Waals surface area contributed by atoms with E-state index < -0.39 is 5.97 Å². The molecular formula is C28H29N3O4. The molecule has 1 fully saturated rings. The molecule has 1 unspecified atom stereocenters. The molecule has 2 aromatic carbocycles. The molecule has 0 bridgehead atoms. The highest BCUT2D eigenvalue weighted by molar-refractivity contribution is 5.95. The van der Waals surface area contributed by atoms with E-state index in [-0.39, 0.29) is 17.9 Å². The molecule has 2 aliphatic carbocycles. The summed E-state index contributed by atoms with van der Waals surface area (Å²) in [6, 6.07) is 14.8. The van der Waals surface area contributed by atoms with Crippen LogP contribution in [0.25, 0.3) is 11.3 Å². The van der Waals surface area contributed by atoms with Crippen LogP contribution >= 0.6 is 0 Å². The van der Waals surface area contributed by atoms with Gasteiger partial charge in [0, 0.05) is 37.8 Å². The van der Waals surface area contributed by atoms with Crippen LogP contribution in [0, 0.1) is 5.92 Å². The van der Waals surface area contributed by atoms with Crippen LogP contribution in [0.1, 0.15) is 57.2 Å². The van der Waals surface area contributed by atoms with Gasteiger partial charge in [-0.15, -0.1) is 0 Å². The maximum atomic E-state index is 13.5. The molecule has 1 amide bonds. The number of aryl methyl sites for hydroxylation is 2. The lowest BCUT2D eigenvalue weighted by Crippen LogP contribution is -2.49. The summed E-state index contributed by atoms with van der Waals surface area (Å²) in [6.07, 6.45) is 4.63.